The van der Waals surface area contributed by atoms with Gasteiger partial charge in [-0.25, -0.2) is 4.98 Å². The molecule has 2 heteroatoms. The van der Waals surface area contributed by atoms with Gasteiger partial charge in [-0.05, 0) is 49.3 Å². The summed E-state index contributed by atoms with van der Waals surface area (Å²) in [6.07, 6.45) is 25.5. The quantitative estimate of drug-likeness (QED) is 0.479. The molecule has 1 aromatic carbocycles. The summed E-state index contributed by atoms with van der Waals surface area (Å²) in [7, 11) is 0. The van der Waals surface area contributed by atoms with Gasteiger partial charge in [0.05, 0.1) is 15.2 Å². The van der Waals surface area contributed by atoms with Crippen molar-refractivity contribution in [3.63, 3.8) is 0 Å². The Balaban J connectivity index is 1.48. The number of hydrogen-bond acceptors (Lipinski definition) is 2. The second-order valence-electron chi connectivity index (χ2n) is 9.78. The van der Waals surface area contributed by atoms with Crippen molar-refractivity contribution in [2.75, 3.05) is 0 Å². The monoisotopic (exact) mass is 411 g/mol. The molecule has 2 aromatic rings. The summed E-state index contributed by atoms with van der Waals surface area (Å²) < 4.78 is 1.45. The Morgan fingerprint density at radius 3 is 1.62 bits per heavy atom. The number of hydrogen-bond donors (Lipinski definition) is 0. The van der Waals surface area contributed by atoms with E-state index in [2.05, 4.69) is 18.2 Å². The molecule has 1 aromatic heterocycles. The highest BCUT2D eigenvalue weighted by Crippen LogP contribution is 2.37. The minimum absolute atomic E-state index is 0.707. The van der Waals surface area contributed by atoms with E-state index in [-0.39, 0.29) is 0 Å². The molecule has 0 atom stereocenters. The first kappa shape index (κ1) is 21.3. The first-order valence-corrected chi connectivity index (χ1v) is 13.6. The Bertz CT molecular complexity index is 711. The van der Waals surface area contributed by atoms with Crippen LogP contribution < -0.4 is 0 Å². The fourth-order valence-electron chi connectivity index (χ4n) is 5.59. The molecule has 0 saturated heterocycles. The van der Waals surface area contributed by atoms with Gasteiger partial charge in [0.15, 0.2) is 0 Å². The highest BCUT2D eigenvalue weighted by atomic mass is 32.1. The maximum absolute atomic E-state index is 5.14. The van der Waals surface area contributed by atoms with Crippen LogP contribution in [-0.4, -0.2) is 4.98 Å². The molecule has 1 nitrogen and oxygen atoms in total. The van der Waals surface area contributed by atoms with Crippen molar-refractivity contribution in [1.82, 2.24) is 4.98 Å². The molecule has 2 aliphatic carbocycles. The molecular weight excluding hydrogens is 370 g/mol. The van der Waals surface area contributed by atoms with Crippen molar-refractivity contribution in [2.45, 2.75) is 127 Å². The third kappa shape index (κ3) is 6.29. The molecule has 0 N–H and O–H groups in total. The first-order chi connectivity index (χ1) is 14.4. The molecule has 0 amide bonds. The first-order valence-electron chi connectivity index (χ1n) is 12.8. The van der Waals surface area contributed by atoms with Crippen LogP contribution in [0.15, 0.2) is 18.2 Å². The van der Waals surface area contributed by atoms with E-state index >= 15 is 0 Å². The number of fused-ring (bicyclic) bond motifs is 1. The Morgan fingerprint density at radius 2 is 1.07 bits per heavy atom. The van der Waals surface area contributed by atoms with E-state index < -0.39 is 0 Å². The van der Waals surface area contributed by atoms with Crippen LogP contribution in [0.5, 0.6) is 0 Å². The van der Waals surface area contributed by atoms with Gasteiger partial charge in [0.25, 0.3) is 0 Å². The van der Waals surface area contributed by atoms with Gasteiger partial charge in [-0.2, -0.15) is 0 Å². The van der Waals surface area contributed by atoms with Crippen molar-refractivity contribution in [1.29, 1.82) is 0 Å². The lowest BCUT2D eigenvalue weighted by Gasteiger charge is -2.16. The van der Waals surface area contributed by atoms with Gasteiger partial charge in [-0.1, -0.05) is 96.0 Å². The molecule has 29 heavy (non-hydrogen) atoms. The van der Waals surface area contributed by atoms with Crippen LogP contribution in [0.2, 0.25) is 0 Å². The maximum Gasteiger partial charge on any atom is 0.0969 e. The third-order valence-electron chi connectivity index (χ3n) is 7.46. The fourth-order valence-corrected chi connectivity index (χ4v) is 6.77. The lowest BCUT2D eigenvalue weighted by Crippen LogP contribution is -1.99. The Morgan fingerprint density at radius 1 is 0.586 bits per heavy atom. The molecule has 2 fully saturated rings. The largest absolute Gasteiger partial charge is 0.241 e. The number of nitrogens with zero attached hydrogens (tertiary/aromatic N) is 1. The second-order valence-corrected chi connectivity index (χ2v) is 10.8. The third-order valence-corrected chi connectivity index (χ3v) is 8.64. The van der Waals surface area contributed by atoms with Gasteiger partial charge in [-0.15, -0.1) is 11.3 Å². The van der Waals surface area contributed by atoms with E-state index in [1.807, 2.05) is 11.3 Å². The lowest BCUT2D eigenvalue weighted by atomic mass is 9.89. The summed E-state index contributed by atoms with van der Waals surface area (Å²) in [5.41, 5.74) is 2.85. The number of thiazole rings is 1. The van der Waals surface area contributed by atoms with Gasteiger partial charge in [0.1, 0.15) is 0 Å². The highest BCUT2D eigenvalue weighted by molar-refractivity contribution is 7.18. The summed E-state index contributed by atoms with van der Waals surface area (Å²) in [5, 5.41) is 1.44. The van der Waals surface area contributed by atoms with Crippen LogP contribution >= 0.6 is 11.3 Å². The lowest BCUT2D eigenvalue weighted by molar-refractivity contribution is 0.513. The molecular formula is C27H41NS. The molecule has 0 radical (unpaired) electrons. The SMILES string of the molecule is c1cc2nc(C3CCCCCCCCCC3)sc2cc1C1CCCCCCCC1. The summed E-state index contributed by atoms with van der Waals surface area (Å²) in [5.74, 6) is 1.49. The zero-order valence-corrected chi connectivity index (χ0v) is 19.3. The van der Waals surface area contributed by atoms with E-state index in [1.165, 1.54) is 131 Å². The van der Waals surface area contributed by atoms with Gasteiger partial charge in [0.2, 0.25) is 0 Å². The topological polar surface area (TPSA) is 12.9 Å². The van der Waals surface area contributed by atoms with Gasteiger partial charge in [-0.3, -0.25) is 0 Å². The number of benzene rings is 1. The standard InChI is InChI=1S/C27H41NS/c1-2-4-10-14-18-23(17-13-9-3-1)27-28-25-20-19-24(21-26(25)29-27)22-15-11-7-5-6-8-12-16-22/h19-23H,1-18H2. The van der Waals surface area contributed by atoms with Crippen LogP contribution in [0.25, 0.3) is 10.2 Å². The zero-order chi connectivity index (χ0) is 19.7. The Labute approximate surface area is 182 Å². The number of aromatic nitrogens is 1. The zero-order valence-electron chi connectivity index (χ0n) is 18.5. The van der Waals surface area contributed by atoms with Crippen LogP contribution in [0.1, 0.15) is 138 Å². The molecule has 2 saturated carbocycles. The summed E-state index contributed by atoms with van der Waals surface area (Å²) in [4.78, 5) is 5.14. The van der Waals surface area contributed by atoms with E-state index in [0.717, 1.165) is 5.92 Å². The van der Waals surface area contributed by atoms with Crippen molar-refractivity contribution in [3.05, 3.63) is 28.8 Å². The molecule has 2 aliphatic rings. The van der Waals surface area contributed by atoms with Crippen molar-refractivity contribution in [3.8, 4) is 0 Å². The molecule has 0 unspecified atom stereocenters. The normalized spacial score (nSPS) is 22.5. The van der Waals surface area contributed by atoms with E-state index in [0.29, 0.717) is 5.92 Å². The smallest absolute Gasteiger partial charge is 0.0969 e. The second kappa shape index (κ2) is 11.5. The molecule has 4 rings (SSSR count). The van der Waals surface area contributed by atoms with Crippen molar-refractivity contribution >= 4 is 21.6 Å². The number of rotatable bonds is 2. The predicted molar refractivity (Wildman–Crippen MR) is 128 cm³/mol. The van der Waals surface area contributed by atoms with Crippen LogP contribution in [-0.2, 0) is 0 Å². The van der Waals surface area contributed by atoms with E-state index in [1.54, 1.807) is 5.56 Å². The highest BCUT2D eigenvalue weighted by Gasteiger charge is 2.18. The Kier molecular flexibility index (Phi) is 8.46. The van der Waals surface area contributed by atoms with E-state index in [4.69, 9.17) is 4.98 Å². The van der Waals surface area contributed by atoms with Crippen molar-refractivity contribution in [2.24, 2.45) is 0 Å². The van der Waals surface area contributed by atoms with E-state index in [9.17, 15) is 0 Å². The maximum atomic E-state index is 5.14. The molecule has 160 valence electrons. The minimum Gasteiger partial charge on any atom is -0.241 e. The van der Waals surface area contributed by atoms with Crippen molar-refractivity contribution < 1.29 is 0 Å². The average Bonchev–Trinajstić information content (AvgIpc) is 3.19. The van der Waals surface area contributed by atoms with Gasteiger partial charge < -0.3 is 0 Å². The summed E-state index contributed by atoms with van der Waals surface area (Å²) >= 11 is 2.02. The Hall–Kier alpha value is -0.890. The van der Waals surface area contributed by atoms with Crippen LogP contribution in [0.4, 0.5) is 0 Å². The molecule has 0 bridgehead atoms. The average molecular weight is 412 g/mol. The van der Waals surface area contributed by atoms with Gasteiger partial charge >= 0.3 is 0 Å². The summed E-state index contributed by atoms with van der Waals surface area (Å²) in [6, 6.07) is 7.26. The predicted octanol–water partition coefficient (Wildman–Crippen LogP) is 9.51. The summed E-state index contributed by atoms with van der Waals surface area (Å²) in [6.45, 7) is 0. The van der Waals surface area contributed by atoms with Crippen LogP contribution in [0, 0.1) is 0 Å². The van der Waals surface area contributed by atoms with Crippen LogP contribution in [0.3, 0.4) is 0 Å². The molecule has 0 aliphatic heterocycles. The minimum atomic E-state index is 0.707. The van der Waals surface area contributed by atoms with Gasteiger partial charge in [0, 0.05) is 5.92 Å². The molecule has 1 heterocycles. The molecule has 0 spiro atoms. The fraction of sp³-hybridized carbons (Fsp3) is 0.741.